The number of para-hydroxylation sites is 4. The van der Waals surface area contributed by atoms with Gasteiger partial charge in [0.05, 0.1) is 22.1 Å². The maximum Gasteiger partial charge on any atom is 0.0541 e. The Morgan fingerprint density at radius 2 is 0.774 bits per heavy atom. The lowest BCUT2D eigenvalue weighted by molar-refractivity contribution is 0.601. The summed E-state index contributed by atoms with van der Waals surface area (Å²) in [6.45, 7) is 9.80. The van der Waals surface area contributed by atoms with Gasteiger partial charge in [-0.2, -0.15) is 0 Å². The molecule has 0 saturated carbocycles. The average Bonchev–Trinajstić information content (AvgIpc) is 3.95. The molecule has 0 unspecified atom stereocenters. The fraction of sp³-hybridized carbons (Fsp3) is 0.100. The summed E-state index contributed by atoms with van der Waals surface area (Å²) in [5, 5.41) is 5.10. The van der Waals surface area contributed by atoms with Gasteiger partial charge in [0.2, 0.25) is 0 Å². The standard InChI is InChI=1S/C60H46N2/c1-59(2)50-34-32-40(61-52-28-18-14-24-42(52)43-25-15-19-29-53(43)61)36-47(50)48-38-46(39-22-12-10-8-6-5-7-9-11-13-23-39)56-49-37-41(33-35-51(49)60(3,4)58(56)57(48)59)62-54-30-20-16-26-44(54)45-27-17-21-31-55(45)62/h5-38H,1-4H3/b6-5+,7-5?,8-6?,9-7-,10-8+,11-9?,12-10?,13-11-,22-12-,23-13?,39-22?,39-23+. The van der Waals surface area contributed by atoms with Crippen LogP contribution in [0.4, 0.5) is 0 Å². The van der Waals surface area contributed by atoms with Crippen LogP contribution in [0, 0.1) is 0 Å². The summed E-state index contributed by atoms with van der Waals surface area (Å²) in [5.74, 6) is 0. The SMILES string of the molecule is CC1(C)c2ccc(-n3c4ccccc4c4ccccc43)cc2-c2cc(C3=C/C=C\C=C/C=C/C=C/C=C\3)c3c(c21)C(C)(C)c1ccc(-n2c4ccccc4c4ccccc42)cc1-3. The van der Waals surface area contributed by atoms with Gasteiger partial charge in [-0.25, -0.2) is 0 Å². The van der Waals surface area contributed by atoms with Crippen LogP contribution in [0.2, 0.25) is 0 Å². The molecule has 296 valence electrons. The smallest absolute Gasteiger partial charge is 0.0541 e. The molecule has 9 aromatic rings. The van der Waals surface area contributed by atoms with Crippen molar-refractivity contribution in [3.63, 3.8) is 0 Å². The van der Waals surface area contributed by atoms with Crippen LogP contribution in [0.3, 0.4) is 0 Å². The molecule has 2 nitrogen and oxygen atoms in total. The van der Waals surface area contributed by atoms with E-state index in [1.54, 1.807) is 0 Å². The van der Waals surface area contributed by atoms with E-state index in [1.807, 2.05) is 0 Å². The Morgan fingerprint density at radius 1 is 0.355 bits per heavy atom. The summed E-state index contributed by atoms with van der Waals surface area (Å²) in [6, 6.07) is 52.3. The number of aromatic nitrogens is 2. The highest BCUT2D eigenvalue weighted by molar-refractivity contribution is 6.11. The predicted molar refractivity (Wildman–Crippen MR) is 264 cm³/mol. The first kappa shape index (κ1) is 36.4. The van der Waals surface area contributed by atoms with Crippen LogP contribution in [0.15, 0.2) is 206 Å². The second kappa shape index (κ2) is 13.5. The molecule has 12 rings (SSSR count). The van der Waals surface area contributed by atoms with Crippen LogP contribution in [0.5, 0.6) is 0 Å². The number of hydrogen-bond donors (Lipinski definition) is 0. The molecule has 2 aromatic heterocycles. The molecular formula is C60H46N2. The molecule has 3 aliphatic carbocycles. The van der Waals surface area contributed by atoms with Crippen LogP contribution in [-0.2, 0) is 10.8 Å². The van der Waals surface area contributed by atoms with E-state index in [2.05, 4.69) is 243 Å². The van der Waals surface area contributed by atoms with Crippen molar-refractivity contribution in [1.29, 1.82) is 0 Å². The van der Waals surface area contributed by atoms with Gasteiger partial charge in [0.1, 0.15) is 0 Å². The molecule has 0 N–H and O–H groups in total. The van der Waals surface area contributed by atoms with E-state index in [0.29, 0.717) is 0 Å². The number of hydrogen-bond acceptors (Lipinski definition) is 0. The topological polar surface area (TPSA) is 9.86 Å². The quantitative estimate of drug-likeness (QED) is 0.169. The first-order valence-electron chi connectivity index (χ1n) is 21.9. The molecule has 0 bridgehead atoms. The van der Waals surface area contributed by atoms with Gasteiger partial charge in [-0.3, -0.25) is 0 Å². The molecule has 0 aliphatic heterocycles. The molecule has 0 atom stereocenters. The Balaban J connectivity index is 1.15. The van der Waals surface area contributed by atoms with Gasteiger partial charge >= 0.3 is 0 Å². The molecule has 62 heavy (non-hydrogen) atoms. The number of benzene rings is 7. The summed E-state index contributed by atoms with van der Waals surface area (Å²) in [5.41, 5.74) is 20.1. The van der Waals surface area contributed by atoms with Crippen molar-refractivity contribution in [2.45, 2.75) is 38.5 Å². The maximum absolute atomic E-state index is 2.53. The normalized spacial score (nSPS) is 19.2. The molecule has 0 amide bonds. The van der Waals surface area contributed by atoms with Gasteiger partial charge in [-0.15, -0.1) is 0 Å². The zero-order chi connectivity index (χ0) is 41.7. The highest BCUT2D eigenvalue weighted by Crippen LogP contribution is 2.61. The Labute approximate surface area is 363 Å². The summed E-state index contributed by atoms with van der Waals surface area (Å²) in [4.78, 5) is 0. The summed E-state index contributed by atoms with van der Waals surface area (Å²) < 4.78 is 4.92. The second-order valence-electron chi connectivity index (χ2n) is 18.1. The Morgan fingerprint density at radius 3 is 1.29 bits per heavy atom. The second-order valence-corrected chi connectivity index (χ2v) is 18.1. The van der Waals surface area contributed by atoms with Crippen molar-refractivity contribution in [3.05, 3.63) is 234 Å². The molecule has 3 aliphatic rings. The molecule has 7 aromatic carbocycles. The summed E-state index contributed by atoms with van der Waals surface area (Å²) in [6.07, 6.45) is 23.6. The summed E-state index contributed by atoms with van der Waals surface area (Å²) in [7, 11) is 0. The zero-order valence-electron chi connectivity index (χ0n) is 35.5. The van der Waals surface area contributed by atoms with Gasteiger partial charge in [-0.1, -0.05) is 179 Å². The lowest BCUT2D eigenvalue weighted by Crippen LogP contribution is -2.24. The van der Waals surface area contributed by atoms with Crippen molar-refractivity contribution >= 4 is 49.2 Å². The van der Waals surface area contributed by atoms with Crippen LogP contribution in [-0.4, -0.2) is 9.13 Å². The highest BCUT2D eigenvalue weighted by atomic mass is 15.0. The molecule has 2 heterocycles. The van der Waals surface area contributed by atoms with Gasteiger partial charge in [0, 0.05) is 43.7 Å². The minimum absolute atomic E-state index is 0.238. The van der Waals surface area contributed by atoms with Crippen molar-refractivity contribution in [3.8, 4) is 33.6 Å². The van der Waals surface area contributed by atoms with Crippen LogP contribution in [0.25, 0.3) is 82.8 Å². The average molecular weight is 795 g/mol. The number of allylic oxidation sites excluding steroid dienone is 12. The van der Waals surface area contributed by atoms with Crippen LogP contribution in [0.1, 0.15) is 55.5 Å². The lowest BCUT2D eigenvalue weighted by Gasteiger charge is -2.31. The predicted octanol–water partition coefficient (Wildman–Crippen LogP) is 15.7. The number of fused-ring (bicyclic) bond motifs is 13. The first-order valence-corrected chi connectivity index (χ1v) is 21.9. The number of rotatable bonds is 3. The third kappa shape index (κ3) is 5.16. The molecule has 0 radical (unpaired) electrons. The molecule has 0 fully saturated rings. The Hall–Kier alpha value is -7.42. The van der Waals surface area contributed by atoms with E-state index in [-0.39, 0.29) is 10.8 Å². The first-order chi connectivity index (χ1) is 30.3. The van der Waals surface area contributed by atoms with E-state index >= 15 is 0 Å². The van der Waals surface area contributed by atoms with Gasteiger partial charge < -0.3 is 9.13 Å². The maximum atomic E-state index is 2.53. The summed E-state index contributed by atoms with van der Waals surface area (Å²) >= 11 is 0. The number of nitrogens with zero attached hydrogens (tertiary/aromatic N) is 2. The van der Waals surface area contributed by atoms with Crippen molar-refractivity contribution in [1.82, 2.24) is 9.13 Å². The Bertz CT molecular complexity index is 3460. The van der Waals surface area contributed by atoms with Crippen molar-refractivity contribution in [2.24, 2.45) is 0 Å². The monoisotopic (exact) mass is 794 g/mol. The third-order valence-corrected chi connectivity index (χ3v) is 13.9. The Kier molecular flexibility index (Phi) is 7.96. The molecule has 0 spiro atoms. The zero-order valence-corrected chi connectivity index (χ0v) is 35.5. The molecule has 2 heteroatoms. The van der Waals surface area contributed by atoms with Gasteiger partial charge in [0.25, 0.3) is 0 Å². The van der Waals surface area contributed by atoms with Crippen LogP contribution < -0.4 is 0 Å². The van der Waals surface area contributed by atoms with Gasteiger partial charge in [0.15, 0.2) is 0 Å². The van der Waals surface area contributed by atoms with E-state index < -0.39 is 0 Å². The fourth-order valence-corrected chi connectivity index (χ4v) is 11.2. The van der Waals surface area contributed by atoms with Crippen LogP contribution >= 0.6 is 0 Å². The minimum atomic E-state index is -0.266. The lowest BCUT2D eigenvalue weighted by atomic mass is 9.71. The van der Waals surface area contributed by atoms with Crippen molar-refractivity contribution in [2.75, 3.05) is 0 Å². The minimum Gasteiger partial charge on any atom is -0.309 e. The van der Waals surface area contributed by atoms with E-state index in [0.717, 1.165) is 0 Å². The van der Waals surface area contributed by atoms with E-state index in [1.165, 1.54) is 111 Å². The molecule has 0 saturated heterocycles. The van der Waals surface area contributed by atoms with E-state index in [4.69, 9.17) is 0 Å². The molecular weight excluding hydrogens is 749 g/mol. The van der Waals surface area contributed by atoms with Gasteiger partial charge in [-0.05, 0) is 110 Å². The largest absolute Gasteiger partial charge is 0.309 e. The third-order valence-electron chi connectivity index (χ3n) is 13.9. The van der Waals surface area contributed by atoms with Crippen molar-refractivity contribution < 1.29 is 0 Å². The fourth-order valence-electron chi connectivity index (χ4n) is 11.2. The van der Waals surface area contributed by atoms with E-state index in [9.17, 15) is 0 Å². The highest BCUT2D eigenvalue weighted by Gasteiger charge is 2.47.